The Balaban J connectivity index is 1.64. The van der Waals surface area contributed by atoms with Crippen molar-refractivity contribution in [1.82, 2.24) is 14.9 Å². The molecular formula is C15H19F2N3O. The number of fused-ring (bicyclic) bond motifs is 1. The van der Waals surface area contributed by atoms with Crippen molar-refractivity contribution in [3.05, 3.63) is 29.8 Å². The smallest absolute Gasteiger partial charge is 0.140 e. The lowest BCUT2D eigenvalue weighted by Gasteiger charge is -2.19. The minimum absolute atomic E-state index is 0.202. The number of H-pyrrole nitrogens is 1. The predicted molar refractivity (Wildman–Crippen MR) is 76.2 cm³/mol. The Morgan fingerprint density at radius 2 is 2.24 bits per heavy atom. The summed E-state index contributed by atoms with van der Waals surface area (Å²) in [6, 6.07) is 4.67. The summed E-state index contributed by atoms with van der Waals surface area (Å²) in [4.78, 5) is 9.37. The number of ether oxygens (including phenoxy) is 1. The van der Waals surface area contributed by atoms with Gasteiger partial charge in [0.05, 0.1) is 11.0 Å². The number of hydrogen-bond acceptors (Lipinski definition) is 3. The number of imidazole rings is 1. The summed E-state index contributed by atoms with van der Waals surface area (Å²) in [6.07, 6.45) is -1.41. The number of benzene rings is 1. The van der Waals surface area contributed by atoms with E-state index in [0.29, 0.717) is 36.0 Å². The molecule has 6 heteroatoms. The van der Waals surface area contributed by atoms with Gasteiger partial charge in [0.1, 0.15) is 30.5 Å². The minimum Gasteiger partial charge on any atom is -0.366 e. The third kappa shape index (κ3) is 3.06. The van der Waals surface area contributed by atoms with Crippen LogP contribution in [-0.4, -0.2) is 46.3 Å². The molecule has 1 saturated heterocycles. The molecule has 0 bridgehead atoms. The van der Waals surface area contributed by atoms with E-state index in [2.05, 4.69) is 14.9 Å². The van der Waals surface area contributed by atoms with E-state index in [0.717, 1.165) is 0 Å². The van der Waals surface area contributed by atoms with E-state index >= 15 is 0 Å². The predicted octanol–water partition coefficient (Wildman–Crippen LogP) is 2.65. The zero-order valence-corrected chi connectivity index (χ0v) is 12.1. The molecule has 2 aromatic rings. The summed E-state index contributed by atoms with van der Waals surface area (Å²) in [7, 11) is 0. The molecule has 1 fully saturated rings. The monoisotopic (exact) mass is 295 g/mol. The maximum absolute atomic E-state index is 13.9. The average molecular weight is 295 g/mol. The zero-order valence-electron chi connectivity index (χ0n) is 12.1. The van der Waals surface area contributed by atoms with Gasteiger partial charge in [0.2, 0.25) is 0 Å². The SMILES string of the molecule is CC(C)N1CC(F)C(OCc2nc3ccc(F)cc3[nH]2)C1. The van der Waals surface area contributed by atoms with E-state index in [1.807, 2.05) is 13.8 Å². The highest BCUT2D eigenvalue weighted by Gasteiger charge is 2.34. The summed E-state index contributed by atoms with van der Waals surface area (Å²) in [5, 5.41) is 0. The Morgan fingerprint density at radius 1 is 1.43 bits per heavy atom. The molecule has 4 nitrogen and oxygen atoms in total. The van der Waals surface area contributed by atoms with Crippen molar-refractivity contribution in [3.63, 3.8) is 0 Å². The number of nitrogens with zero attached hydrogens (tertiary/aromatic N) is 2. The molecule has 0 amide bonds. The fourth-order valence-electron chi connectivity index (χ4n) is 2.63. The van der Waals surface area contributed by atoms with Gasteiger partial charge in [-0.05, 0) is 32.0 Å². The second-order valence-electron chi connectivity index (χ2n) is 5.76. The van der Waals surface area contributed by atoms with Crippen molar-refractivity contribution >= 4 is 11.0 Å². The summed E-state index contributed by atoms with van der Waals surface area (Å²) >= 11 is 0. The molecule has 1 N–H and O–H groups in total. The van der Waals surface area contributed by atoms with Crippen LogP contribution >= 0.6 is 0 Å². The Morgan fingerprint density at radius 3 is 2.95 bits per heavy atom. The molecule has 1 aromatic heterocycles. The lowest BCUT2D eigenvalue weighted by molar-refractivity contribution is 0.00814. The highest BCUT2D eigenvalue weighted by Crippen LogP contribution is 2.20. The molecule has 2 unspecified atom stereocenters. The lowest BCUT2D eigenvalue weighted by Crippen LogP contribution is -2.29. The summed E-state index contributed by atoms with van der Waals surface area (Å²) in [6.45, 7) is 5.29. The topological polar surface area (TPSA) is 41.1 Å². The van der Waals surface area contributed by atoms with Crippen molar-refractivity contribution in [2.75, 3.05) is 13.1 Å². The maximum atomic E-state index is 13.9. The number of nitrogens with one attached hydrogen (secondary N) is 1. The highest BCUT2D eigenvalue weighted by atomic mass is 19.1. The van der Waals surface area contributed by atoms with Crippen molar-refractivity contribution in [2.45, 2.75) is 38.8 Å². The van der Waals surface area contributed by atoms with Crippen LogP contribution in [0.4, 0.5) is 8.78 Å². The Hall–Kier alpha value is -1.53. The van der Waals surface area contributed by atoms with Gasteiger partial charge in [-0.2, -0.15) is 0 Å². The Labute approximate surface area is 122 Å². The first kappa shape index (κ1) is 14.4. The van der Waals surface area contributed by atoms with Gasteiger partial charge in [-0.25, -0.2) is 13.8 Å². The van der Waals surface area contributed by atoms with Crippen molar-refractivity contribution in [1.29, 1.82) is 0 Å². The summed E-state index contributed by atoms with van der Waals surface area (Å²) in [5.74, 6) is 0.275. The van der Waals surface area contributed by atoms with Gasteiger partial charge in [0, 0.05) is 19.1 Å². The van der Waals surface area contributed by atoms with Crippen LogP contribution in [0.25, 0.3) is 11.0 Å². The number of hydrogen-bond donors (Lipinski definition) is 1. The normalized spacial score (nSPS) is 23.5. The number of rotatable bonds is 4. The third-order valence-electron chi connectivity index (χ3n) is 3.88. The zero-order chi connectivity index (χ0) is 15.0. The molecule has 0 saturated carbocycles. The van der Waals surface area contributed by atoms with Crippen molar-refractivity contribution < 1.29 is 13.5 Å². The molecule has 1 aromatic carbocycles. The van der Waals surface area contributed by atoms with Crippen molar-refractivity contribution in [3.8, 4) is 0 Å². The number of aromatic amines is 1. The van der Waals surface area contributed by atoms with Crippen LogP contribution in [0, 0.1) is 5.82 Å². The summed E-state index contributed by atoms with van der Waals surface area (Å²) in [5.41, 5.74) is 1.31. The molecule has 0 radical (unpaired) electrons. The fraction of sp³-hybridized carbons (Fsp3) is 0.533. The molecule has 0 aliphatic carbocycles. The second kappa shape index (κ2) is 5.69. The highest BCUT2D eigenvalue weighted by molar-refractivity contribution is 5.74. The van der Waals surface area contributed by atoms with Crippen LogP contribution in [0.15, 0.2) is 18.2 Å². The van der Waals surface area contributed by atoms with Gasteiger partial charge >= 0.3 is 0 Å². The van der Waals surface area contributed by atoms with Gasteiger partial charge < -0.3 is 9.72 Å². The van der Waals surface area contributed by atoms with E-state index in [1.165, 1.54) is 12.1 Å². The van der Waals surface area contributed by atoms with Crippen LogP contribution in [0.1, 0.15) is 19.7 Å². The van der Waals surface area contributed by atoms with Crippen molar-refractivity contribution in [2.24, 2.45) is 0 Å². The molecule has 21 heavy (non-hydrogen) atoms. The molecule has 1 aliphatic heterocycles. The van der Waals surface area contributed by atoms with Crippen LogP contribution in [-0.2, 0) is 11.3 Å². The van der Waals surface area contributed by atoms with Gasteiger partial charge in [-0.15, -0.1) is 0 Å². The largest absolute Gasteiger partial charge is 0.366 e. The van der Waals surface area contributed by atoms with E-state index in [-0.39, 0.29) is 12.4 Å². The van der Waals surface area contributed by atoms with Crippen LogP contribution < -0.4 is 0 Å². The molecule has 0 spiro atoms. The first-order valence-electron chi connectivity index (χ1n) is 7.17. The summed E-state index contributed by atoms with van der Waals surface area (Å²) < 4.78 is 32.7. The second-order valence-corrected chi connectivity index (χ2v) is 5.76. The van der Waals surface area contributed by atoms with Gasteiger partial charge in [0.25, 0.3) is 0 Å². The van der Waals surface area contributed by atoms with E-state index < -0.39 is 12.3 Å². The number of alkyl halides is 1. The van der Waals surface area contributed by atoms with E-state index in [1.54, 1.807) is 6.07 Å². The molecule has 114 valence electrons. The van der Waals surface area contributed by atoms with Crippen LogP contribution in [0.2, 0.25) is 0 Å². The van der Waals surface area contributed by atoms with Gasteiger partial charge in [0.15, 0.2) is 0 Å². The minimum atomic E-state index is -0.978. The van der Waals surface area contributed by atoms with Gasteiger partial charge in [-0.1, -0.05) is 0 Å². The molecule has 1 aliphatic rings. The number of likely N-dealkylation sites (tertiary alicyclic amines) is 1. The quantitative estimate of drug-likeness (QED) is 0.943. The maximum Gasteiger partial charge on any atom is 0.140 e. The lowest BCUT2D eigenvalue weighted by atomic mass is 10.3. The average Bonchev–Trinajstić information content (AvgIpc) is 2.99. The van der Waals surface area contributed by atoms with E-state index in [9.17, 15) is 8.78 Å². The van der Waals surface area contributed by atoms with E-state index in [4.69, 9.17) is 4.74 Å². The van der Waals surface area contributed by atoms with Crippen LogP contribution in [0.5, 0.6) is 0 Å². The molecule has 2 atom stereocenters. The Kier molecular flexibility index (Phi) is 3.91. The van der Waals surface area contributed by atoms with Gasteiger partial charge in [-0.3, -0.25) is 4.90 Å². The molecule has 3 rings (SSSR count). The van der Waals surface area contributed by atoms with Crippen LogP contribution in [0.3, 0.4) is 0 Å². The third-order valence-corrected chi connectivity index (χ3v) is 3.88. The molecule has 2 heterocycles. The number of halogens is 2. The standard InChI is InChI=1S/C15H19F2N3O/c1-9(2)20-6-11(17)14(7-20)21-8-15-18-12-4-3-10(16)5-13(12)19-15/h3-5,9,11,14H,6-8H2,1-2H3,(H,18,19). The first-order valence-corrected chi connectivity index (χ1v) is 7.17. The Bertz CT molecular complexity index is 628. The fourth-order valence-corrected chi connectivity index (χ4v) is 2.63. The number of aromatic nitrogens is 2. The first-order chi connectivity index (χ1) is 10.0. The molecular weight excluding hydrogens is 276 g/mol.